The molecule has 2 amide bonds. The zero-order chi connectivity index (χ0) is 22.1. The molecule has 0 fully saturated rings. The summed E-state index contributed by atoms with van der Waals surface area (Å²) in [5.74, 6) is -2.61. The van der Waals surface area contributed by atoms with Gasteiger partial charge in [0.2, 0.25) is 0 Å². The fourth-order valence-electron chi connectivity index (χ4n) is 3.51. The van der Waals surface area contributed by atoms with E-state index in [0.29, 0.717) is 23.1 Å². The van der Waals surface area contributed by atoms with Gasteiger partial charge in [0.1, 0.15) is 23.1 Å². The third-order valence-corrected chi connectivity index (χ3v) is 5.07. The number of amides is 2. The molecule has 0 spiro atoms. The largest absolute Gasteiger partial charge is 0.497 e. The SMILES string of the molecule is COc1ccc(C2=C(N(C)c3ccccc3)C(=O)N(c3ccc(F)cc3F)C2=O)cc1. The monoisotopic (exact) mass is 420 g/mol. The Labute approximate surface area is 177 Å². The molecular weight excluding hydrogens is 402 g/mol. The van der Waals surface area contributed by atoms with E-state index in [-0.39, 0.29) is 17.0 Å². The van der Waals surface area contributed by atoms with Crippen LogP contribution in [0.25, 0.3) is 5.57 Å². The molecule has 156 valence electrons. The van der Waals surface area contributed by atoms with Crippen LogP contribution in [0.3, 0.4) is 0 Å². The standard InChI is InChI=1S/C24H18F2N2O3/c1-27(17-6-4-3-5-7-17)22-21(15-8-11-18(31-2)12-9-15)23(29)28(24(22)30)20-13-10-16(25)14-19(20)26/h3-14H,1-2H3. The minimum atomic E-state index is -1.00. The Hall–Kier alpha value is -4.00. The highest BCUT2D eigenvalue weighted by molar-refractivity contribution is 6.46. The molecule has 0 aliphatic carbocycles. The molecule has 1 aliphatic rings. The predicted molar refractivity (Wildman–Crippen MR) is 114 cm³/mol. The van der Waals surface area contributed by atoms with Gasteiger partial charge in [-0.2, -0.15) is 0 Å². The van der Waals surface area contributed by atoms with Gasteiger partial charge in [0.15, 0.2) is 0 Å². The van der Waals surface area contributed by atoms with Crippen LogP contribution in [0.1, 0.15) is 5.56 Å². The van der Waals surface area contributed by atoms with Crippen molar-refractivity contribution in [1.82, 2.24) is 0 Å². The number of methoxy groups -OCH3 is 1. The van der Waals surface area contributed by atoms with Crippen molar-refractivity contribution >= 4 is 28.8 Å². The van der Waals surface area contributed by atoms with Gasteiger partial charge in [-0.3, -0.25) is 9.59 Å². The van der Waals surface area contributed by atoms with Crippen LogP contribution < -0.4 is 14.5 Å². The zero-order valence-electron chi connectivity index (χ0n) is 16.8. The molecule has 7 heteroatoms. The van der Waals surface area contributed by atoms with Crippen molar-refractivity contribution in [2.75, 3.05) is 24.0 Å². The summed E-state index contributed by atoms with van der Waals surface area (Å²) in [6.45, 7) is 0. The smallest absolute Gasteiger partial charge is 0.282 e. The highest BCUT2D eigenvalue weighted by Crippen LogP contribution is 2.37. The lowest BCUT2D eigenvalue weighted by atomic mass is 10.0. The van der Waals surface area contributed by atoms with E-state index in [4.69, 9.17) is 4.74 Å². The highest BCUT2D eigenvalue weighted by atomic mass is 19.1. The van der Waals surface area contributed by atoms with Crippen molar-refractivity contribution in [2.45, 2.75) is 0 Å². The number of hydrogen-bond acceptors (Lipinski definition) is 4. The fraction of sp³-hybridized carbons (Fsp3) is 0.0833. The number of carbonyl (C=O) groups excluding carboxylic acids is 2. The summed E-state index contributed by atoms with van der Waals surface area (Å²) in [7, 11) is 3.18. The molecule has 1 aliphatic heterocycles. The first-order valence-corrected chi connectivity index (χ1v) is 9.43. The highest BCUT2D eigenvalue weighted by Gasteiger charge is 2.43. The van der Waals surface area contributed by atoms with Crippen LogP contribution in [0, 0.1) is 11.6 Å². The lowest BCUT2D eigenvalue weighted by Crippen LogP contribution is -2.34. The van der Waals surface area contributed by atoms with Crippen LogP contribution in [-0.4, -0.2) is 26.0 Å². The van der Waals surface area contributed by atoms with Crippen LogP contribution in [0.4, 0.5) is 20.2 Å². The molecule has 3 aromatic rings. The minimum absolute atomic E-state index is 0.0880. The second-order valence-corrected chi connectivity index (χ2v) is 6.89. The Morgan fingerprint density at radius 2 is 1.55 bits per heavy atom. The molecule has 1 heterocycles. The van der Waals surface area contributed by atoms with E-state index in [2.05, 4.69) is 0 Å². The Morgan fingerprint density at radius 3 is 2.16 bits per heavy atom. The fourth-order valence-corrected chi connectivity index (χ4v) is 3.51. The predicted octanol–water partition coefficient (Wildman–Crippen LogP) is 4.39. The molecule has 0 N–H and O–H groups in total. The number of hydrogen-bond donors (Lipinski definition) is 0. The van der Waals surface area contributed by atoms with Crippen molar-refractivity contribution in [1.29, 1.82) is 0 Å². The lowest BCUT2D eigenvalue weighted by molar-refractivity contribution is -0.120. The van der Waals surface area contributed by atoms with Gasteiger partial charge < -0.3 is 9.64 Å². The van der Waals surface area contributed by atoms with Crippen LogP contribution in [0.15, 0.2) is 78.5 Å². The second-order valence-electron chi connectivity index (χ2n) is 6.89. The van der Waals surface area contributed by atoms with E-state index in [9.17, 15) is 18.4 Å². The van der Waals surface area contributed by atoms with Gasteiger partial charge in [0.05, 0.1) is 18.4 Å². The molecule has 0 unspecified atom stereocenters. The number of likely N-dealkylation sites (N-methyl/N-ethyl adjacent to an activating group) is 1. The quantitative estimate of drug-likeness (QED) is 0.575. The molecule has 0 atom stereocenters. The number of halogens is 2. The van der Waals surface area contributed by atoms with E-state index in [1.807, 2.05) is 6.07 Å². The zero-order valence-corrected chi connectivity index (χ0v) is 16.8. The molecule has 0 bridgehead atoms. The first-order valence-electron chi connectivity index (χ1n) is 9.43. The van der Waals surface area contributed by atoms with Gasteiger partial charge in [0, 0.05) is 18.8 Å². The molecule has 3 aromatic carbocycles. The normalized spacial score (nSPS) is 13.7. The number of imide groups is 1. The average molecular weight is 420 g/mol. The van der Waals surface area contributed by atoms with Gasteiger partial charge in [-0.25, -0.2) is 13.7 Å². The first-order chi connectivity index (χ1) is 14.9. The first kappa shape index (κ1) is 20.3. The summed E-state index contributed by atoms with van der Waals surface area (Å²) in [5.41, 5.74) is 1.04. The minimum Gasteiger partial charge on any atom is -0.497 e. The van der Waals surface area contributed by atoms with Gasteiger partial charge in [-0.15, -0.1) is 0 Å². The summed E-state index contributed by atoms with van der Waals surface area (Å²) in [6, 6.07) is 18.4. The van der Waals surface area contributed by atoms with Crippen molar-refractivity contribution < 1.29 is 23.1 Å². The molecule has 4 rings (SSSR count). The number of anilines is 2. The molecule has 5 nitrogen and oxygen atoms in total. The Kier molecular flexibility index (Phi) is 5.25. The van der Waals surface area contributed by atoms with Crippen molar-refractivity contribution in [3.8, 4) is 5.75 Å². The number of rotatable bonds is 5. The summed E-state index contributed by atoms with van der Waals surface area (Å²) >= 11 is 0. The maximum absolute atomic E-state index is 14.5. The Bertz CT molecular complexity index is 1190. The van der Waals surface area contributed by atoms with E-state index < -0.39 is 23.4 Å². The molecule has 0 saturated carbocycles. The van der Waals surface area contributed by atoms with Crippen LogP contribution in [0.2, 0.25) is 0 Å². The van der Waals surface area contributed by atoms with E-state index in [1.54, 1.807) is 60.5 Å². The van der Waals surface area contributed by atoms with Crippen molar-refractivity contribution in [3.05, 3.63) is 95.7 Å². The van der Waals surface area contributed by atoms with Crippen molar-refractivity contribution in [2.24, 2.45) is 0 Å². The summed E-state index contributed by atoms with van der Waals surface area (Å²) in [5, 5.41) is 0. The molecule has 0 saturated heterocycles. The van der Waals surface area contributed by atoms with Gasteiger partial charge >= 0.3 is 0 Å². The maximum Gasteiger partial charge on any atom is 0.282 e. The molecule has 0 radical (unpaired) electrons. The Morgan fingerprint density at radius 1 is 0.871 bits per heavy atom. The lowest BCUT2D eigenvalue weighted by Gasteiger charge is -2.21. The van der Waals surface area contributed by atoms with Gasteiger partial charge in [0.25, 0.3) is 11.8 Å². The van der Waals surface area contributed by atoms with Crippen LogP contribution in [0.5, 0.6) is 5.75 Å². The van der Waals surface area contributed by atoms with Gasteiger partial charge in [-0.05, 0) is 42.0 Å². The number of carbonyl (C=O) groups is 2. The second kappa shape index (κ2) is 8.02. The Balaban J connectivity index is 1.88. The topological polar surface area (TPSA) is 49.9 Å². The number of ether oxygens (including phenoxy) is 1. The third kappa shape index (κ3) is 3.54. The van der Waals surface area contributed by atoms with Crippen molar-refractivity contribution in [3.63, 3.8) is 0 Å². The molecule has 0 aromatic heterocycles. The maximum atomic E-state index is 14.5. The molecular formula is C24H18F2N2O3. The van der Waals surface area contributed by atoms with E-state index in [0.717, 1.165) is 17.0 Å². The van der Waals surface area contributed by atoms with Crippen LogP contribution >= 0.6 is 0 Å². The van der Waals surface area contributed by atoms with Gasteiger partial charge in [-0.1, -0.05) is 30.3 Å². The average Bonchev–Trinajstić information content (AvgIpc) is 3.04. The van der Waals surface area contributed by atoms with E-state index >= 15 is 0 Å². The number of nitrogens with zero attached hydrogens (tertiary/aromatic N) is 2. The number of benzene rings is 3. The molecule has 31 heavy (non-hydrogen) atoms. The number of para-hydroxylation sites is 1. The summed E-state index contributed by atoms with van der Waals surface area (Å²) in [4.78, 5) is 29.1. The third-order valence-electron chi connectivity index (χ3n) is 5.07. The van der Waals surface area contributed by atoms with E-state index in [1.165, 1.54) is 7.11 Å². The van der Waals surface area contributed by atoms with Crippen LogP contribution in [-0.2, 0) is 9.59 Å². The summed E-state index contributed by atoms with van der Waals surface area (Å²) < 4.78 is 33.1. The summed E-state index contributed by atoms with van der Waals surface area (Å²) in [6.07, 6.45) is 0.